The molecule has 0 radical (unpaired) electrons. The van der Waals surface area contributed by atoms with E-state index in [1.807, 2.05) is 0 Å². The Kier molecular flexibility index (Phi) is 6.64. The van der Waals surface area contributed by atoms with Crippen LogP contribution in [0.5, 0.6) is 0 Å². The van der Waals surface area contributed by atoms with Crippen molar-refractivity contribution in [3.63, 3.8) is 0 Å². The zero-order valence-electron chi connectivity index (χ0n) is 20.4. The van der Waals surface area contributed by atoms with Crippen LogP contribution in [-0.4, -0.2) is 64.9 Å². The molecule has 2 aliphatic heterocycles. The largest absolute Gasteiger partial charge is 0.416 e. The Morgan fingerprint density at radius 1 is 0.949 bits per heavy atom. The highest BCUT2D eigenvalue weighted by atomic mass is 32.1. The van der Waals surface area contributed by atoms with E-state index in [-0.39, 0.29) is 34.2 Å². The van der Waals surface area contributed by atoms with Gasteiger partial charge in [-0.2, -0.15) is 13.2 Å². The highest BCUT2D eigenvalue weighted by Gasteiger charge is 2.37. The molecular weight excluding hydrogens is 552 g/mol. The number of hydrogen-bond donors (Lipinski definition) is 1. The summed E-state index contributed by atoms with van der Waals surface area (Å²) < 4.78 is 54.6. The first-order valence-electron chi connectivity index (χ1n) is 12.3. The number of nitrogens with one attached hydrogen (secondary N) is 1. The van der Waals surface area contributed by atoms with E-state index in [1.54, 1.807) is 38.9 Å². The van der Waals surface area contributed by atoms with E-state index >= 15 is 4.39 Å². The Morgan fingerprint density at radius 2 is 1.67 bits per heavy atom. The summed E-state index contributed by atoms with van der Waals surface area (Å²) in [6, 6.07) is 9.85. The lowest BCUT2D eigenvalue weighted by Gasteiger charge is -2.40. The van der Waals surface area contributed by atoms with E-state index in [0.29, 0.717) is 47.7 Å². The van der Waals surface area contributed by atoms with Gasteiger partial charge in [0, 0.05) is 53.7 Å². The van der Waals surface area contributed by atoms with Crippen molar-refractivity contribution >= 4 is 44.6 Å². The van der Waals surface area contributed by atoms with Crippen LogP contribution >= 0.6 is 22.7 Å². The maximum Gasteiger partial charge on any atom is 0.416 e. The number of hydrogen-bond acceptors (Lipinski definition) is 6. The van der Waals surface area contributed by atoms with Crippen molar-refractivity contribution in [3.05, 3.63) is 75.3 Å². The molecule has 6 rings (SSSR count). The van der Waals surface area contributed by atoms with E-state index < -0.39 is 17.6 Å². The molecule has 39 heavy (non-hydrogen) atoms. The summed E-state index contributed by atoms with van der Waals surface area (Å²) in [7, 11) is 0. The van der Waals surface area contributed by atoms with E-state index in [4.69, 9.17) is 0 Å². The monoisotopic (exact) mass is 574 g/mol. The topological polar surface area (TPSA) is 65.5 Å². The van der Waals surface area contributed by atoms with Crippen molar-refractivity contribution in [3.8, 4) is 11.1 Å². The number of alkyl halides is 3. The standard InChI is InChI=1S/C27H22F4N4O2S2/c28-23-20-9-16(15-1-4-17(5-2-15)27(29,30)31)3-6-22(20)39-24(23)26(37)35-11-19(12-35)33-18-7-8-34(10-18)25(36)21-13-38-14-32-21/h1-6,9,13-14,18-19,33H,7-8,10-12H2. The molecular formula is C27H22F4N4O2S2. The summed E-state index contributed by atoms with van der Waals surface area (Å²) in [6.45, 7) is 2.11. The third-order valence-corrected chi connectivity index (χ3v) is 8.85. The maximum atomic E-state index is 15.3. The van der Waals surface area contributed by atoms with Crippen LogP contribution in [0.25, 0.3) is 21.2 Å². The van der Waals surface area contributed by atoms with Gasteiger partial charge in [0.25, 0.3) is 11.8 Å². The fraction of sp³-hybridized carbons (Fsp3) is 0.296. The van der Waals surface area contributed by atoms with Gasteiger partial charge in [-0.25, -0.2) is 9.37 Å². The molecule has 4 aromatic rings. The molecule has 0 spiro atoms. The van der Waals surface area contributed by atoms with Gasteiger partial charge in [0.05, 0.1) is 11.1 Å². The van der Waals surface area contributed by atoms with Gasteiger partial charge in [-0.1, -0.05) is 18.2 Å². The molecule has 0 bridgehead atoms. The Labute approximate surface area is 228 Å². The number of halogens is 4. The van der Waals surface area contributed by atoms with Gasteiger partial charge in [-0.3, -0.25) is 9.59 Å². The minimum atomic E-state index is -4.43. The summed E-state index contributed by atoms with van der Waals surface area (Å²) in [5, 5.41) is 5.50. The number of carbonyl (C=O) groups is 2. The van der Waals surface area contributed by atoms with Crippen molar-refractivity contribution in [1.82, 2.24) is 20.1 Å². The van der Waals surface area contributed by atoms with Crippen LogP contribution in [0.2, 0.25) is 0 Å². The van der Waals surface area contributed by atoms with E-state index in [0.717, 1.165) is 29.9 Å². The average molecular weight is 575 g/mol. The maximum absolute atomic E-state index is 15.3. The Morgan fingerprint density at radius 3 is 2.36 bits per heavy atom. The zero-order valence-corrected chi connectivity index (χ0v) is 22.0. The van der Waals surface area contributed by atoms with Crippen LogP contribution in [0.1, 0.15) is 32.1 Å². The predicted octanol–water partition coefficient (Wildman–Crippen LogP) is 5.51. The van der Waals surface area contributed by atoms with Crippen LogP contribution < -0.4 is 5.32 Å². The molecule has 2 aromatic heterocycles. The van der Waals surface area contributed by atoms with Crippen LogP contribution in [-0.2, 0) is 6.18 Å². The molecule has 2 aliphatic rings. The molecule has 1 unspecified atom stereocenters. The minimum Gasteiger partial charge on any atom is -0.336 e. The average Bonchev–Trinajstić information content (AvgIpc) is 3.66. The number of benzene rings is 2. The van der Waals surface area contributed by atoms with Crippen molar-refractivity contribution in [2.45, 2.75) is 24.7 Å². The predicted molar refractivity (Wildman–Crippen MR) is 141 cm³/mol. The molecule has 2 saturated heterocycles. The molecule has 1 atom stereocenters. The van der Waals surface area contributed by atoms with Gasteiger partial charge in [-0.05, 0) is 41.8 Å². The van der Waals surface area contributed by atoms with Crippen molar-refractivity contribution in [2.24, 2.45) is 0 Å². The molecule has 1 N–H and O–H groups in total. The molecule has 4 heterocycles. The summed E-state index contributed by atoms with van der Waals surface area (Å²) >= 11 is 2.45. The number of amides is 2. The lowest BCUT2D eigenvalue weighted by molar-refractivity contribution is -0.137. The van der Waals surface area contributed by atoms with Gasteiger partial charge in [0.1, 0.15) is 10.6 Å². The number of rotatable bonds is 5. The highest BCUT2D eigenvalue weighted by Crippen LogP contribution is 2.36. The number of aromatic nitrogens is 1. The van der Waals surface area contributed by atoms with E-state index in [1.165, 1.54) is 23.5 Å². The van der Waals surface area contributed by atoms with Gasteiger partial charge >= 0.3 is 6.18 Å². The first-order valence-corrected chi connectivity index (χ1v) is 14.1. The molecule has 202 valence electrons. The number of fused-ring (bicyclic) bond motifs is 1. The Bertz CT molecular complexity index is 1530. The minimum absolute atomic E-state index is 0.0221. The number of thiophene rings is 1. The molecule has 2 fully saturated rings. The smallest absolute Gasteiger partial charge is 0.336 e. The number of carbonyl (C=O) groups excluding carboxylic acids is 2. The molecule has 12 heteroatoms. The van der Waals surface area contributed by atoms with Crippen LogP contribution in [0.4, 0.5) is 17.6 Å². The third kappa shape index (κ3) is 5.04. The summed E-state index contributed by atoms with van der Waals surface area (Å²) in [5.74, 6) is -1.07. The van der Waals surface area contributed by atoms with Crippen LogP contribution in [0, 0.1) is 5.82 Å². The summed E-state index contributed by atoms with van der Waals surface area (Å²) in [4.78, 5) is 33.0. The third-order valence-electron chi connectivity index (χ3n) is 7.13. The van der Waals surface area contributed by atoms with Crippen LogP contribution in [0.3, 0.4) is 0 Å². The van der Waals surface area contributed by atoms with Crippen molar-refractivity contribution < 1.29 is 27.2 Å². The van der Waals surface area contributed by atoms with E-state index in [2.05, 4.69) is 10.3 Å². The molecule has 0 saturated carbocycles. The second kappa shape index (κ2) is 10.00. The van der Waals surface area contributed by atoms with Gasteiger partial charge < -0.3 is 15.1 Å². The summed E-state index contributed by atoms with van der Waals surface area (Å²) in [5.41, 5.74) is 2.44. The zero-order chi connectivity index (χ0) is 27.3. The van der Waals surface area contributed by atoms with E-state index in [9.17, 15) is 22.8 Å². The van der Waals surface area contributed by atoms with Gasteiger partial charge in [0.15, 0.2) is 5.82 Å². The quantitative estimate of drug-likeness (QED) is 0.319. The molecule has 2 aromatic carbocycles. The second-order valence-electron chi connectivity index (χ2n) is 9.72. The van der Waals surface area contributed by atoms with Crippen molar-refractivity contribution in [2.75, 3.05) is 26.2 Å². The lowest BCUT2D eigenvalue weighted by atomic mass is 10.0. The second-order valence-corrected chi connectivity index (χ2v) is 11.5. The van der Waals surface area contributed by atoms with Crippen molar-refractivity contribution in [1.29, 1.82) is 0 Å². The summed E-state index contributed by atoms with van der Waals surface area (Å²) in [6.07, 6.45) is -3.62. The SMILES string of the molecule is O=C(c1cscn1)N1CCC(NC2CN(C(=O)c3sc4ccc(-c5ccc(C(F)(F)F)cc5)cc4c3F)C2)C1. The fourth-order valence-electron chi connectivity index (χ4n) is 5.02. The molecule has 2 amide bonds. The van der Waals surface area contributed by atoms with Crippen LogP contribution in [0.15, 0.2) is 53.4 Å². The van der Waals surface area contributed by atoms with Gasteiger partial charge in [-0.15, -0.1) is 22.7 Å². The highest BCUT2D eigenvalue weighted by molar-refractivity contribution is 7.20. The number of likely N-dealkylation sites (tertiary alicyclic amines) is 2. The Hall–Kier alpha value is -3.35. The van der Waals surface area contributed by atoms with Gasteiger partial charge in [0.2, 0.25) is 0 Å². The fourth-order valence-corrected chi connectivity index (χ4v) is 6.58. The number of nitrogens with zero attached hydrogens (tertiary/aromatic N) is 3. The normalized spacial score (nSPS) is 18.1. The molecule has 0 aliphatic carbocycles. The Balaban J connectivity index is 1.08. The lowest BCUT2D eigenvalue weighted by Crippen LogP contribution is -2.62. The first-order chi connectivity index (χ1) is 18.7. The number of thiazole rings is 1. The first kappa shape index (κ1) is 25.9. The molecule has 6 nitrogen and oxygen atoms in total.